The smallest absolute Gasteiger partial charge is 1.00 e. The summed E-state index contributed by atoms with van der Waals surface area (Å²) in [6.45, 7) is 0.622. The number of aromatic nitrogens is 4. The first-order valence-electron chi connectivity index (χ1n) is 4.42. The van der Waals surface area contributed by atoms with Gasteiger partial charge in [-0.25, -0.2) is 4.68 Å². The SMILES string of the molecule is O=S(=O)(O)CCCCCn1[nH]nnc1=S.[H-].[H-].[Na+].[Na+]. The second-order valence-corrected chi connectivity index (χ2v) is 5.02. The van der Waals surface area contributed by atoms with Gasteiger partial charge in [-0.3, -0.25) is 4.55 Å². The van der Waals surface area contributed by atoms with E-state index in [2.05, 4.69) is 15.5 Å². The molecule has 1 aromatic heterocycles. The molecule has 11 heteroatoms. The standard InChI is InChI=1S/C6H12N4O3S2.2Na.2H/c11-15(12,13)5-3-1-2-4-10-6(14)7-8-9-10;;;;/h1-5H2,(H,7,9,14)(H,11,12,13);;;;/q;2*+1;2*-1. The van der Waals surface area contributed by atoms with E-state index in [-0.39, 0.29) is 67.7 Å². The van der Waals surface area contributed by atoms with E-state index in [1.807, 2.05) is 0 Å². The molecule has 0 spiro atoms. The Kier molecular flexibility index (Phi) is 12.1. The number of hydrogen-bond acceptors (Lipinski definition) is 5. The zero-order valence-electron chi connectivity index (χ0n) is 12.0. The summed E-state index contributed by atoms with van der Waals surface area (Å²) >= 11 is 4.84. The summed E-state index contributed by atoms with van der Waals surface area (Å²) in [5.74, 6) is -0.195. The molecule has 0 amide bonds. The van der Waals surface area contributed by atoms with Crippen LogP contribution in [-0.2, 0) is 16.7 Å². The zero-order chi connectivity index (χ0) is 11.3. The summed E-state index contributed by atoms with van der Waals surface area (Å²) in [7, 11) is -3.83. The molecule has 0 radical (unpaired) electrons. The third-order valence-corrected chi connectivity index (χ3v) is 2.92. The van der Waals surface area contributed by atoms with Crippen LogP contribution in [0.15, 0.2) is 0 Å². The molecule has 0 saturated carbocycles. The Labute approximate surface area is 152 Å². The number of nitrogens with one attached hydrogen (secondary N) is 1. The van der Waals surface area contributed by atoms with Crippen LogP contribution in [0.3, 0.4) is 0 Å². The molecule has 0 aromatic carbocycles. The van der Waals surface area contributed by atoms with Crippen LogP contribution in [0.5, 0.6) is 0 Å². The molecule has 17 heavy (non-hydrogen) atoms. The van der Waals surface area contributed by atoms with Gasteiger partial charge in [0, 0.05) is 6.54 Å². The van der Waals surface area contributed by atoms with Crippen molar-refractivity contribution in [2.24, 2.45) is 0 Å². The van der Waals surface area contributed by atoms with Gasteiger partial charge in [-0.2, -0.15) is 13.6 Å². The molecule has 1 aromatic rings. The van der Waals surface area contributed by atoms with Crippen molar-refractivity contribution >= 4 is 22.3 Å². The third kappa shape index (κ3) is 9.74. The van der Waals surface area contributed by atoms with Crippen LogP contribution in [0, 0.1) is 4.77 Å². The number of H-pyrrole nitrogens is 1. The Balaban J connectivity index is -0.000000281. The summed E-state index contributed by atoms with van der Waals surface area (Å²) in [6.07, 6.45) is 1.89. The van der Waals surface area contributed by atoms with E-state index in [1.165, 1.54) is 0 Å². The van der Waals surface area contributed by atoms with Crippen molar-refractivity contribution in [3.05, 3.63) is 4.77 Å². The minimum absolute atomic E-state index is 0. The first-order chi connectivity index (χ1) is 6.99. The van der Waals surface area contributed by atoms with Crippen molar-refractivity contribution in [1.29, 1.82) is 0 Å². The van der Waals surface area contributed by atoms with Crippen molar-refractivity contribution in [3.63, 3.8) is 0 Å². The number of aromatic amines is 1. The number of tetrazole rings is 1. The first kappa shape index (κ1) is 20.5. The quantitative estimate of drug-likeness (QED) is 0.235. The van der Waals surface area contributed by atoms with Crippen molar-refractivity contribution in [3.8, 4) is 0 Å². The van der Waals surface area contributed by atoms with Crippen molar-refractivity contribution in [1.82, 2.24) is 20.2 Å². The predicted molar refractivity (Wildman–Crippen MR) is 57.7 cm³/mol. The van der Waals surface area contributed by atoms with Crippen LogP contribution in [0.4, 0.5) is 0 Å². The average molecular weight is 300 g/mol. The average Bonchev–Trinajstić information content (AvgIpc) is 2.49. The predicted octanol–water partition coefficient (Wildman–Crippen LogP) is -5.37. The Hall–Kier alpha value is 1.20. The summed E-state index contributed by atoms with van der Waals surface area (Å²) in [5, 5.41) is 9.70. The van der Waals surface area contributed by atoms with Crippen LogP contribution in [0.25, 0.3) is 0 Å². The van der Waals surface area contributed by atoms with Crippen LogP contribution in [0.1, 0.15) is 22.1 Å². The Morgan fingerprint density at radius 1 is 1.35 bits per heavy atom. The molecule has 2 N–H and O–H groups in total. The molecular weight excluding hydrogens is 286 g/mol. The third-order valence-electron chi connectivity index (χ3n) is 1.82. The maximum atomic E-state index is 10.4. The number of nitrogens with zero attached hydrogens (tertiary/aromatic N) is 3. The van der Waals surface area contributed by atoms with Crippen molar-refractivity contribution < 1.29 is 74.9 Å². The van der Waals surface area contributed by atoms with E-state index in [1.54, 1.807) is 4.68 Å². The molecule has 0 aliphatic rings. The number of hydrogen-bond donors (Lipinski definition) is 2. The van der Waals surface area contributed by atoms with E-state index < -0.39 is 10.1 Å². The summed E-state index contributed by atoms with van der Waals surface area (Å²) < 4.78 is 31.2. The van der Waals surface area contributed by atoms with Gasteiger partial charge in [0.05, 0.1) is 5.75 Å². The van der Waals surface area contributed by atoms with Crippen LogP contribution < -0.4 is 59.1 Å². The van der Waals surface area contributed by atoms with Crippen molar-refractivity contribution in [2.75, 3.05) is 5.75 Å². The van der Waals surface area contributed by atoms with Gasteiger partial charge in [0.25, 0.3) is 10.1 Å². The van der Waals surface area contributed by atoms with Gasteiger partial charge in [0.2, 0.25) is 4.77 Å². The Bertz CT molecular complexity index is 467. The van der Waals surface area contributed by atoms with E-state index in [0.29, 0.717) is 24.2 Å². The van der Waals surface area contributed by atoms with Gasteiger partial charge in [0.1, 0.15) is 0 Å². The largest absolute Gasteiger partial charge is 1.00 e. The van der Waals surface area contributed by atoms with Gasteiger partial charge < -0.3 is 2.85 Å². The first-order valence-corrected chi connectivity index (χ1v) is 6.44. The van der Waals surface area contributed by atoms with E-state index in [0.717, 1.165) is 6.42 Å². The molecule has 90 valence electrons. The number of unbranched alkanes of at least 4 members (excludes halogenated alkanes) is 2. The van der Waals surface area contributed by atoms with Gasteiger partial charge in [0.15, 0.2) is 0 Å². The van der Waals surface area contributed by atoms with Gasteiger partial charge in [-0.15, -0.1) is 0 Å². The molecule has 0 fully saturated rings. The molecule has 0 saturated heterocycles. The molecule has 0 atom stereocenters. The maximum Gasteiger partial charge on any atom is 1.00 e. The van der Waals surface area contributed by atoms with Crippen LogP contribution in [0.2, 0.25) is 0 Å². The van der Waals surface area contributed by atoms with E-state index in [9.17, 15) is 8.42 Å². The fourth-order valence-electron chi connectivity index (χ4n) is 1.09. The Morgan fingerprint density at radius 2 is 2.00 bits per heavy atom. The maximum absolute atomic E-state index is 10.4. The van der Waals surface area contributed by atoms with Crippen LogP contribution in [-0.4, -0.2) is 38.9 Å². The Morgan fingerprint density at radius 3 is 2.47 bits per heavy atom. The molecule has 7 nitrogen and oxygen atoms in total. The molecule has 0 aliphatic carbocycles. The van der Waals surface area contributed by atoms with Gasteiger partial charge in [-0.1, -0.05) is 16.7 Å². The fourth-order valence-corrected chi connectivity index (χ4v) is 1.83. The number of aryl methyl sites for hydroxylation is 1. The van der Waals surface area contributed by atoms with Crippen LogP contribution >= 0.6 is 12.2 Å². The molecule has 0 bridgehead atoms. The minimum atomic E-state index is -3.83. The second kappa shape index (κ2) is 10.0. The van der Waals surface area contributed by atoms with Gasteiger partial charge in [-0.05, 0) is 25.1 Å². The fraction of sp³-hybridized carbons (Fsp3) is 0.833. The van der Waals surface area contributed by atoms with Gasteiger partial charge >= 0.3 is 59.1 Å². The topological polar surface area (TPSA) is 101 Å². The normalized spacial score (nSPS) is 10.4. The molecule has 0 aliphatic heterocycles. The molecule has 1 rings (SSSR count). The summed E-state index contributed by atoms with van der Waals surface area (Å²) in [6, 6.07) is 0. The summed E-state index contributed by atoms with van der Waals surface area (Å²) in [4.78, 5) is 0. The summed E-state index contributed by atoms with van der Waals surface area (Å²) in [5.41, 5.74) is 0. The second-order valence-electron chi connectivity index (χ2n) is 3.08. The molecule has 1 heterocycles. The monoisotopic (exact) mass is 300 g/mol. The minimum Gasteiger partial charge on any atom is -1.00 e. The zero-order valence-corrected chi connectivity index (χ0v) is 15.6. The molecule has 0 unspecified atom stereocenters. The van der Waals surface area contributed by atoms with Crippen molar-refractivity contribution in [2.45, 2.75) is 25.8 Å². The number of rotatable bonds is 6. The van der Waals surface area contributed by atoms with E-state index >= 15 is 0 Å². The van der Waals surface area contributed by atoms with E-state index in [4.69, 9.17) is 16.8 Å². The molecular formula is C6H14N4Na2O3S2.